The monoisotopic (exact) mass is 251 g/mol. The van der Waals surface area contributed by atoms with Crippen LogP contribution in [0.1, 0.15) is 6.42 Å². The van der Waals surface area contributed by atoms with Crippen molar-refractivity contribution in [2.75, 3.05) is 31.1 Å². The van der Waals surface area contributed by atoms with E-state index in [4.69, 9.17) is 11.6 Å². The molecule has 6 heteroatoms. The lowest BCUT2D eigenvalue weighted by molar-refractivity contribution is 0.724. The molecule has 90 valence electrons. The van der Waals surface area contributed by atoms with E-state index in [9.17, 15) is 0 Å². The van der Waals surface area contributed by atoms with Crippen molar-refractivity contribution in [3.05, 3.63) is 23.4 Å². The molecule has 0 radical (unpaired) electrons. The molecule has 3 heterocycles. The zero-order valence-corrected chi connectivity index (χ0v) is 10.2. The van der Waals surface area contributed by atoms with Crippen molar-refractivity contribution < 1.29 is 0 Å². The number of aromatic nitrogens is 3. The molecule has 1 aliphatic rings. The molecule has 0 amide bonds. The summed E-state index contributed by atoms with van der Waals surface area (Å²) in [6.07, 6.45) is 2.90. The van der Waals surface area contributed by atoms with E-state index in [0.717, 1.165) is 44.2 Å². The van der Waals surface area contributed by atoms with Gasteiger partial charge >= 0.3 is 0 Å². The minimum absolute atomic E-state index is 0.673. The SMILES string of the molecule is Clc1ccc2nc(N3CCCNCC3)nn2c1. The Labute approximate surface area is 104 Å². The molecule has 0 spiro atoms. The Hall–Kier alpha value is -1.33. The van der Waals surface area contributed by atoms with Crippen LogP contribution in [0.3, 0.4) is 0 Å². The summed E-state index contributed by atoms with van der Waals surface area (Å²) in [5.74, 6) is 0.788. The molecule has 1 N–H and O–H groups in total. The van der Waals surface area contributed by atoms with Crippen LogP contribution < -0.4 is 10.2 Å². The van der Waals surface area contributed by atoms with Gasteiger partial charge in [0.25, 0.3) is 0 Å². The lowest BCUT2D eigenvalue weighted by Crippen LogP contribution is -2.28. The number of hydrogen-bond acceptors (Lipinski definition) is 4. The summed E-state index contributed by atoms with van der Waals surface area (Å²) in [5, 5.41) is 8.50. The van der Waals surface area contributed by atoms with Crippen LogP contribution in [0.4, 0.5) is 5.95 Å². The van der Waals surface area contributed by atoms with Crippen LogP contribution in [-0.4, -0.2) is 40.8 Å². The van der Waals surface area contributed by atoms with Gasteiger partial charge in [-0.25, -0.2) is 4.52 Å². The van der Waals surface area contributed by atoms with Crippen molar-refractivity contribution in [1.82, 2.24) is 19.9 Å². The van der Waals surface area contributed by atoms with Crippen LogP contribution in [0.5, 0.6) is 0 Å². The highest BCUT2D eigenvalue weighted by molar-refractivity contribution is 6.30. The Bertz CT molecular complexity index is 516. The maximum atomic E-state index is 5.93. The summed E-state index contributed by atoms with van der Waals surface area (Å²) < 4.78 is 1.73. The van der Waals surface area contributed by atoms with Crippen LogP contribution >= 0.6 is 11.6 Å². The van der Waals surface area contributed by atoms with Crippen LogP contribution in [0.2, 0.25) is 5.02 Å². The van der Waals surface area contributed by atoms with Crippen LogP contribution in [0, 0.1) is 0 Å². The molecule has 1 saturated heterocycles. The van der Waals surface area contributed by atoms with E-state index in [1.54, 1.807) is 10.7 Å². The molecule has 0 atom stereocenters. The maximum absolute atomic E-state index is 5.93. The number of anilines is 1. The lowest BCUT2D eigenvalue weighted by atomic mass is 10.4. The van der Waals surface area contributed by atoms with Gasteiger partial charge in [0.1, 0.15) is 0 Å². The zero-order valence-electron chi connectivity index (χ0n) is 9.43. The maximum Gasteiger partial charge on any atom is 0.245 e. The van der Waals surface area contributed by atoms with Crippen molar-refractivity contribution >= 4 is 23.2 Å². The van der Waals surface area contributed by atoms with Gasteiger partial charge in [-0.2, -0.15) is 4.98 Å². The fourth-order valence-electron chi connectivity index (χ4n) is 2.03. The van der Waals surface area contributed by atoms with Crippen molar-refractivity contribution in [2.24, 2.45) is 0 Å². The second-order valence-electron chi connectivity index (χ2n) is 4.15. The topological polar surface area (TPSA) is 45.5 Å². The highest BCUT2D eigenvalue weighted by Gasteiger charge is 2.14. The Morgan fingerprint density at radius 3 is 3.12 bits per heavy atom. The molecule has 1 fully saturated rings. The fourth-order valence-corrected chi connectivity index (χ4v) is 2.18. The third-order valence-corrected chi connectivity index (χ3v) is 3.13. The van der Waals surface area contributed by atoms with Crippen LogP contribution in [-0.2, 0) is 0 Å². The summed E-state index contributed by atoms with van der Waals surface area (Å²) in [6, 6.07) is 3.72. The van der Waals surface area contributed by atoms with E-state index >= 15 is 0 Å². The van der Waals surface area contributed by atoms with E-state index in [1.165, 1.54) is 0 Å². The third-order valence-electron chi connectivity index (χ3n) is 2.91. The minimum atomic E-state index is 0.673. The molecule has 17 heavy (non-hydrogen) atoms. The number of hydrogen-bond donors (Lipinski definition) is 1. The predicted octanol–water partition coefficient (Wildman–Crippen LogP) is 1.18. The van der Waals surface area contributed by atoms with Crippen LogP contribution in [0.25, 0.3) is 5.65 Å². The Balaban J connectivity index is 1.93. The summed E-state index contributed by atoms with van der Waals surface area (Å²) in [7, 11) is 0. The van der Waals surface area contributed by atoms with Crippen molar-refractivity contribution in [1.29, 1.82) is 0 Å². The van der Waals surface area contributed by atoms with E-state index in [0.29, 0.717) is 5.02 Å². The van der Waals surface area contributed by atoms with Gasteiger partial charge in [-0.3, -0.25) is 0 Å². The molecule has 5 nitrogen and oxygen atoms in total. The quantitative estimate of drug-likeness (QED) is 0.827. The predicted molar refractivity (Wildman–Crippen MR) is 67.7 cm³/mol. The molecule has 0 unspecified atom stereocenters. The second-order valence-corrected chi connectivity index (χ2v) is 4.59. The van der Waals surface area contributed by atoms with Crippen molar-refractivity contribution in [3.63, 3.8) is 0 Å². The van der Waals surface area contributed by atoms with Gasteiger partial charge in [-0.05, 0) is 25.1 Å². The van der Waals surface area contributed by atoms with Gasteiger partial charge in [0.05, 0.1) is 5.02 Å². The van der Waals surface area contributed by atoms with Gasteiger partial charge in [-0.15, -0.1) is 5.10 Å². The summed E-state index contributed by atoms with van der Waals surface area (Å²) >= 11 is 5.93. The zero-order chi connectivity index (χ0) is 11.7. The summed E-state index contributed by atoms with van der Waals surface area (Å²) in [5.41, 5.74) is 0.835. The highest BCUT2D eigenvalue weighted by atomic mass is 35.5. The largest absolute Gasteiger partial charge is 0.338 e. The normalized spacial score (nSPS) is 17.4. The fraction of sp³-hybridized carbons (Fsp3) is 0.455. The molecular formula is C11H14ClN5. The van der Waals surface area contributed by atoms with Crippen LogP contribution in [0.15, 0.2) is 18.3 Å². The van der Waals surface area contributed by atoms with Gasteiger partial charge < -0.3 is 10.2 Å². The lowest BCUT2D eigenvalue weighted by Gasteiger charge is -2.16. The minimum Gasteiger partial charge on any atom is -0.338 e. The average Bonchev–Trinajstić information content (AvgIpc) is 2.57. The molecule has 0 bridgehead atoms. The molecule has 1 aliphatic heterocycles. The Morgan fingerprint density at radius 1 is 1.24 bits per heavy atom. The molecule has 0 aromatic carbocycles. The standard InChI is InChI=1S/C11H14ClN5/c12-9-2-3-10-14-11(15-17(10)8-9)16-6-1-4-13-5-7-16/h2-3,8,13H,1,4-7H2. The van der Waals surface area contributed by atoms with Crippen molar-refractivity contribution in [2.45, 2.75) is 6.42 Å². The summed E-state index contributed by atoms with van der Waals surface area (Å²) in [6.45, 7) is 3.99. The van der Waals surface area contributed by atoms with E-state index in [2.05, 4.69) is 20.3 Å². The van der Waals surface area contributed by atoms with Gasteiger partial charge in [0, 0.05) is 25.8 Å². The molecule has 2 aromatic rings. The summed E-state index contributed by atoms with van der Waals surface area (Å²) in [4.78, 5) is 6.72. The Kier molecular flexibility index (Phi) is 2.86. The first-order valence-electron chi connectivity index (χ1n) is 5.80. The number of pyridine rings is 1. The number of nitrogens with one attached hydrogen (secondary N) is 1. The van der Waals surface area contributed by atoms with Gasteiger partial charge in [0.15, 0.2) is 5.65 Å². The highest BCUT2D eigenvalue weighted by Crippen LogP contribution is 2.14. The smallest absolute Gasteiger partial charge is 0.245 e. The molecule has 0 saturated carbocycles. The first-order valence-corrected chi connectivity index (χ1v) is 6.18. The first-order chi connectivity index (χ1) is 8.33. The van der Waals surface area contributed by atoms with Crippen molar-refractivity contribution in [3.8, 4) is 0 Å². The molecular weight excluding hydrogens is 238 g/mol. The van der Waals surface area contributed by atoms with E-state index in [-0.39, 0.29) is 0 Å². The number of halogens is 1. The average molecular weight is 252 g/mol. The second kappa shape index (κ2) is 4.50. The van der Waals surface area contributed by atoms with E-state index < -0.39 is 0 Å². The first kappa shape index (κ1) is 10.8. The van der Waals surface area contributed by atoms with Gasteiger partial charge in [-0.1, -0.05) is 11.6 Å². The number of nitrogens with zero attached hydrogens (tertiary/aromatic N) is 4. The molecule has 2 aromatic heterocycles. The van der Waals surface area contributed by atoms with E-state index in [1.807, 2.05) is 12.1 Å². The molecule has 3 rings (SSSR count). The molecule has 0 aliphatic carbocycles. The van der Waals surface area contributed by atoms with Gasteiger partial charge in [0.2, 0.25) is 5.95 Å². The number of rotatable bonds is 1. The number of fused-ring (bicyclic) bond motifs is 1. The third kappa shape index (κ3) is 2.21. The Morgan fingerprint density at radius 2 is 2.18 bits per heavy atom.